The first-order chi connectivity index (χ1) is 9.15. The zero-order chi connectivity index (χ0) is 13.8. The number of rotatable bonds is 2. The van der Waals surface area contributed by atoms with E-state index in [2.05, 4.69) is 22.0 Å². The molecule has 0 aliphatic carbocycles. The minimum absolute atomic E-state index is 0.347. The first kappa shape index (κ1) is 14.1. The Balaban J connectivity index is 2.63. The summed E-state index contributed by atoms with van der Waals surface area (Å²) in [5.41, 5.74) is 1.81. The van der Waals surface area contributed by atoms with Crippen molar-refractivity contribution in [3.8, 4) is 6.07 Å². The quantitative estimate of drug-likeness (QED) is 0.499. The summed E-state index contributed by atoms with van der Waals surface area (Å²) in [5, 5.41) is 10.2. The monoisotopic (exact) mass is 351 g/mol. The summed E-state index contributed by atoms with van der Waals surface area (Å²) in [7, 11) is 0. The highest BCUT2D eigenvalue weighted by atomic mass is 79.9. The average Bonchev–Trinajstić information content (AvgIpc) is 2.44. The lowest BCUT2D eigenvalue weighted by Crippen LogP contribution is -1.87. The third-order valence-corrected chi connectivity index (χ3v) is 4.27. The Labute approximate surface area is 130 Å². The minimum atomic E-state index is 0.347. The molecule has 0 amide bonds. The molecule has 0 unspecified atom stereocenters. The largest absolute Gasteiger partial charge is 0.192 e. The number of allylic oxidation sites excluding steroid dienone is 1. The van der Waals surface area contributed by atoms with Gasteiger partial charge in [0.2, 0.25) is 0 Å². The lowest BCUT2D eigenvalue weighted by molar-refractivity contribution is 1.52. The van der Waals surface area contributed by atoms with E-state index in [1.54, 1.807) is 6.07 Å². The van der Waals surface area contributed by atoms with Gasteiger partial charge >= 0.3 is 0 Å². The predicted molar refractivity (Wildman–Crippen MR) is 83.9 cm³/mol. The molecule has 1 nitrogen and oxygen atoms in total. The van der Waals surface area contributed by atoms with Gasteiger partial charge in [-0.25, -0.2) is 0 Å². The fraction of sp³-hybridized carbons (Fsp3) is 0. The first-order valence-electron chi connectivity index (χ1n) is 5.45. The maximum absolute atomic E-state index is 9.32. The van der Waals surface area contributed by atoms with Crippen molar-refractivity contribution in [3.05, 3.63) is 69.2 Å². The van der Waals surface area contributed by atoms with Crippen molar-refractivity contribution in [2.75, 3.05) is 0 Å². The van der Waals surface area contributed by atoms with E-state index < -0.39 is 0 Å². The Kier molecular flexibility index (Phi) is 4.66. The van der Waals surface area contributed by atoms with Gasteiger partial charge in [0.25, 0.3) is 0 Å². The van der Waals surface area contributed by atoms with Crippen molar-refractivity contribution in [3.63, 3.8) is 0 Å². The summed E-state index contributed by atoms with van der Waals surface area (Å²) in [5.74, 6) is 0. The highest BCUT2D eigenvalue weighted by Gasteiger charge is 2.13. The van der Waals surface area contributed by atoms with Crippen LogP contribution in [0.4, 0.5) is 0 Å². The zero-order valence-corrected chi connectivity index (χ0v) is 12.8. The van der Waals surface area contributed by atoms with E-state index in [1.807, 2.05) is 42.5 Å². The molecule has 0 aliphatic rings. The number of nitrogens with zero attached hydrogens (tertiary/aromatic N) is 1. The molecule has 94 valence electrons. The number of hydrogen-bond acceptors (Lipinski definition) is 1. The number of benzene rings is 2. The lowest BCUT2D eigenvalue weighted by atomic mass is 10.0. The van der Waals surface area contributed by atoms with Crippen LogP contribution in [0.1, 0.15) is 11.1 Å². The summed E-state index contributed by atoms with van der Waals surface area (Å²) < 4.78 is 0.746. The van der Waals surface area contributed by atoms with Crippen molar-refractivity contribution < 1.29 is 0 Å². The zero-order valence-electron chi connectivity index (χ0n) is 9.70. The van der Waals surface area contributed by atoms with E-state index in [9.17, 15) is 5.26 Å². The summed E-state index contributed by atoms with van der Waals surface area (Å²) >= 11 is 15.9. The summed E-state index contributed by atoms with van der Waals surface area (Å²) in [4.78, 5) is 0. The molecular formula is C15H8BrCl2N. The SMILES string of the molecule is N#C/C(=C(/Cl)c1cccc(Br)c1Cl)c1ccccc1. The maximum atomic E-state index is 9.32. The molecule has 0 saturated carbocycles. The second-order valence-electron chi connectivity index (χ2n) is 3.77. The Morgan fingerprint density at radius 3 is 2.37 bits per heavy atom. The first-order valence-corrected chi connectivity index (χ1v) is 6.99. The van der Waals surface area contributed by atoms with E-state index in [0.29, 0.717) is 21.2 Å². The molecule has 2 aromatic rings. The smallest absolute Gasteiger partial charge is 0.101 e. The van der Waals surface area contributed by atoms with Gasteiger partial charge in [0.05, 0.1) is 15.6 Å². The molecule has 0 aromatic heterocycles. The highest BCUT2D eigenvalue weighted by Crippen LogP contribution is 2.36. The molecule has 0 N–H and O–H groups in total. The fourth-order valence-electron chi connectivity index (χ4n) is 1.65. The van der Waals surface area contributed by atoms with E-state index >= 15 is 0 Å². The maximum Gasteiger partial charge on any atom is 0.101 e. The molecular weight excluding hydrogens is 345 g/mol. The Bertz CT molecular complexity index is 672. The van der Waals surface area contributed by atoms with Gasteiger partial charge in [-0.3, -0.25) is 0 Å². The normalized spacial score (nSPS) is 11.7. The third kappa shape index (κ3) is 3.01. The van der Waals surface area contributed by atoms with Crippen molar-refractivity contribution in [2.24, 2.45) is 0 Å². The molecule has 19 heavy (non-hydrogen) atoms. The van der Waals surface area contributed by atoms with Gasteiger partial charge in [0.1, 0.15) is 6.07 Å². The van der Waals surface area contributed by atoms with Gasteiger partial charge in [-0.2, -0.15) is 5.26 Å². The molecule has 0 bridgehead atoms. The molecule has 0 atom stereocenters. The Hall–Kier alpha value is -1.27. The van der Waals surface area contributed by atoms with Crippen LogP contribution in [0.3, 0.4) is 0 Å². The Morgan fingerprint density at radius 1 is 1.05 bits per heavy atom. The molecule has 0 aliphatic heterocycles. The van der Waals surface area contributed by atoms with E-state index in [-0.39, 0.29) is 0 Å². The molecule has 2 aromatic carbocycles. The molecule has 2 rings (SSSR count). The van der Waals surface area contributed by atoms with Crippen molar-refractivity contribution in [2.45, 2.75) is 0 Å². The van der Waals surface area contributed by atoms with Crippen LogP contribution in [0.25, 0.3) is 10.6 Å². The van der Waals surface area contributed by atoms with Gasteiger partial charge in [-0.15, -0.1) is 0 Å². The van der Waals surface area contributed by atoms with Crippen LogP contribution in [-0.4, -0.2) is 0 Å². The highest BCUT2D eigenvalue weighted by molar-refractivity contribution is 9.10. The van der Waals surface area contributed by atoms with Crippen LogP contribution in [-0.2, 0) is 0 Å². The van der Waals surface area contributed by atoms with E-state index in [0.717, 1.165) is 10.0 Å². The van der Waals surface area contributed by atoms with Gasteiger partial charge in [-0.05, 0) is 27.6 Å². The van der Waals surface area contributed by atoms with E-state index in [4.69, 9.17) is 23.2 Å². The lowest BCUT2D eigenvalue weighted by Gasteiger charge is -2.07. The third-order valence-electron chi connectivity index (χ3n) is 2.58. The van der Waals surface area contributed by atoms with Crippen LogP contribution in [0.5, 0.6) is 0 Å². The molecule has 0 heterocycles. The second-order valence-corrected chi connectivity index (χ2v) is 5.38. The van der Waals surface area contributed by atoms with E-state index in [1.165, 1.54) is 0 Å². The van der Waals surface area contributed by atoms with Crippen LogP contribution in [0.15, 0.2) is 53.0 Å². The van der Waals surface area contributed by atoms with Gasteiger partial charge in [0, 0.05) is 10.0 Å². The fourth-order valence-corrected chi connectivity index (χ4v) is 2.60. The van der Waals surface area contributed by atoms with Crippen LogP contribution >= 0.6 is 39.1 Å². The molecule has 4 heteroatoms. The van der Waals surface area contributed by atoms with Gasteiger partial charge in [-0.1, -0.05) is 65.7 Å². The minimum Gasteiger partial charge on any atom is -0.192 e. The molecule has 0 radical (unpaired) electrons. The predicted octanol–water partition coefficient (Wildman–Crippen LogP) is 5.73. The van der Waals surface area contributed by atoms with Gasteiger partial charge < -0.3 is 0 Å². The van der Waals surface area contributed by atoms with Crippen molar-refractivity contribution in [1.29, 1.82) is 5.26 Å². The van der Waals surface area contributed by atoms with Crippen molar-refractivity contribution in [1.82, 2.24) is 0 Å². The van der Waals surface area contributed by atoms with Crippen LogP contribution in [0.2, 0.25) is 5.02 Å². The Morgan fingerprint density at radius 2 is 1.74 bits per heavy atom. The molecule has 0 spiro atoms. The molecule has 0 fully saturated rings. The number of hydrogen-bond donors (Lipinski definition) is 0. The topological polar surface area (TPSA) is 23.8 Å². The standard InChI is InChI=1S/C15H8BrCl2N/c16-13-8-4-7-11(15(13)18)14(17)12(9-19)10-5-2-1-3-6-10/h1-8H/b14-12-. The average molecular weight is 353 g/mol. The van der Waals surface area contributed by atoms with Gasteiger partial charge in [0.15, 0.2) is 0 Å². The number of nitriles is 1. The van der Waals surface area contributed by atoms with Crippen molar-refractivity contribution >= 4 is 49.7 Å². The molecule has 0 saturated heterocycles. The number of halogens is 3. The van der Waals surface area contributed by atoms with Crippen LogP contribution in [0, 0.1) is 11.3 Å². The summed E-state index contributed by atoms with van der Waals surface area (Å²) in [6.07, 6.45) is 0. The second kappa shape index (κ2) is 6.25. The summed E-state index contributed by atoms with van der Waals surface area (Å²) in [6.45, 7) is 0. The van der Waals surface area contributed by atoms with Crippen LogP contribution < -0.4 is 0 Å². The summed E-state index contributed by atoms with van der Waals surface area (Å²) in [6, 6.07) is 16.9.